The highest BCUT2D eigenvalue weighted by atomic mass is 16.5. The minimum absolute atomic E-state index is 0.0346. The molecule has 0 bridgehead atoms. The van der Waals surface area contributed by atoms with Crippen LogP contribution in [0.5, 0.6) is 5.75 Å². The lowest BCUT2D eigenvalue weighted by atomic mass is 9.86. The zero-order valence-electron chi connectivity index (χ0n) is 23.4. The van der Waals surface area contributed by atoms with E-state index >= 15 is 0 Å². The van der Waals surface area contributed by atoms with Crippen LogP contribution in [0.25, 0.3) is 33.2 Å². The number of H-pyrrole nitrogens is 1. The SMILES string of the molecule is CC=C1C=C(/C=C2/Cc3c(cnc4cc(OC)c(-c5cnc6nc(C)[nH]c6c5)cc34)C/C(C)=C/C2=O)C(C)=NC1. The minimum atomic E-state index is 0.0346. The number of aromatic nitrogens is 4. The van der Waals surface area contributed by atoms with E-state index in [1.165, 1.54) is 0 Å². The molecular formula is C33H31N5O2. The van der Waals surface area contributed by atoms with Gasteiger partial charge in [0.1, 0.15) is 11.6 Å². The second kappa shape index (κ2) is 10.2. The van der Waals surface area contributed by atoms with Crippen LogP contribution in [0, 0.1) is 6.92 Å². The average Bonchev–Trinajstić information content (AvgIpc) is 3.32. The summed E-state index contributed by atoms with van der Waals surface area (Å²) in [4.78, 5) is 35.2. The molecule has 7 nitrogen and oxygen atoms in total. The van der Waals surface area contributed by atoms with Gasteiger partial charge in [-0.25, -0.2) is 9.97 Å². The van der Waals surface area contributed by atoms with Crippen LogP contribution in [-0.4, -0.2) is 45.1 Å². The predicted molar refractivity (Wildman–Crippen MR) is 160 cm³/mol. The van der Waals surface area contributed by atoms with Crippen molar-refractivity contribution < 1.29 is 9.53 Å². The molecule has 200 valence electrons. The van der Waals surface area contributed by atoms with Crippen LogP contribution >= 0.6 is 0 Å². The number of hydrogen-bond acceptors (Lipinski definition) is 6. The maximum absolute atomic E-state index is 13.5. The standard InChI is InChI=1S/C33H31N5O2/c1-6-21-9-22(19(3)34-15-21)10-23-11-26-24(7-18(2)8-31(23)39)16-35-29-14-32(40-5)27(13-28(26)29)25-12-30-33(36-17-25)38-20(4)37-30/h6,8-10,12-14,16-17H,7,11,15H2,1-5H3,(H,36,37,38)/b18-8+,21-6?,23-10-. The molecule has 0 saturated carbocycles. The highest BCUT2D eigenvalue weighted by Gasteiger charge is 2.21. The van der Waals surface area contributed by atoms with E-state index in [9.17, 15) is 4.79 Å². The summed E-state index contributed by atoms with van der Waals surface area (Å²) in [6.07, 6.45) is 12.9. The van der Waals surface area contributed by atoms with Gasteiger partial charge in [0.25, 0.3) is 0 Å². The number of imidazole rings is 1. The third kappa shape index (κ3) is 4.68. The predicted octanol–water partition coefficient (Wildman–Crippen LogP) is 6.38. The van der Waals surface area contributed by atoms with Crippen molar-refractivity contribution in [2.24, 2.45) is 4.99 Å². The van der Waals surface area contributed by atoms with Crippen molar-refractivity contribution in [2.75, 3.05) is 13.7 Å². The van der Waals surface area contributed by atoms with Crippen molar-refractivity contribution >= 4 is 33.6 Å². The molecule has 3 aromatic heterocycles. The van der Waals surface area contributed by atoms with Crippen molar-refractivity contribution in [1.82, 2.24) is 19.9 Å². The number of rotatable bonds is 3. The molecule has 0 radical (unpaired) electrons. The fourth-order valence-electron chi connectivity index (χ4n) is 5.47. The van der Waals surface area contributed by atoms with E-state index in [1.807, 2.05) is 58.3 Å². The summed E-state index contributed by atoms with van der Waals surface area (Å²) in [6.45, 7) is 8.61. The maximum Gasteiger partial charge on any atom is 0.182 e. The van der Waals surface area contributed by atoms with Gasteiger partial charge in [0, 0.05) is 52.7 Å². The van der Waals surface area contributed by atoms with Crippen LogP contribution in [0.4, 0.5) is 0 Å². The van der Waals surface area contributed by atoms with Crippen molar-refractivity contribution in [3.8, 4) is 16.9 Å². The number of pyridine rings is 2. The smallest absolute Gasteiger partial charge is 0.182 e. The number of benzene rings is 1. The van der Waals surface area contributed by atoms with Gasteiger partial charge in [-0.05, 0) is 86.7 Å². The average molecular weight is 530 g/mol. The van der Waals surface area contributed by atoms with E-state index in [0.29, 0.717) is 30.8 Å². The molecule has 6 rings (SSSR count). The number of ether oxygens (including phenoxy) is 1. The molecule has 0 saturated heterocycles. The van der Waals surface area contributed by atoms with Crippen molar-refractivity contribution in [2.45, 2.75) is 40.5 Å². The van der Waals surface area contributed by atoms with Crippen molar-refractivity contribution in [1.29, 1.82) is 0 Å². The zero-order chi connectivity index (χ0) is 28.0. The summed E-state index contributed by atoms with van der Waals surface area (Å²) in [5.41, 5.74) is 11.2. The first kappa shape index (κ1) is 25.6. The molecule has 2 aliphatic rings. The first-order valence-electron chi connectivity index (χ1n) is 13.4. The number of allylic oxidation sites excluding steroid dienone is 6. The zero-order valence-corrected chi connectivity index (χ0v) is 23.4. The molecule has 0 fully saturated rings. The maximum atomic E-state index is 13.5. The quantitative estimate of drug-likeness (QED) is 0.311. The van der Waals surface area contributed by atoms with E-state index in [1.54, 1.807) is 13.2 Å². The van der Waals surface area contributed by atoms with Gasteiger partial charge >= 0.3 is 0 Å². The summed E-state index contributed by atoms with van der Waals surface area (Å²) in [5.74, 6) is 1.56. The van der Waals surface area contributed by atoms with Crippen LogP contribution in [0.15, 0.2) is 82.2 Å². The molecule has 1 aliphatic heterocycles. The molecule has 0 unspecified atom stereocenters. The Morgan fingerprint density at radius 1 is 1.02 bits per heavy atom. The number of nitrogens with one attached hydrogen (secondary N) is 1. The fraction of sp³-hybridized carbons (Fsp3) is 0.242. The molecule has 4 aromatic rings. The summed E-state index contributed by atoms with van der Waals surface area (Å²) in [7, 11) is 1.67. The number of nitrogens with zero attached hydrogens (tertiary/aromatic N) is 4. The number of hydrogen-bond donors (Lipinski definition) is 1. The Kier molecular flexibility index (Phi) is 6.50. The van der Waals surface area contributed by atoms with Crippen LogP contribution in [0.2, 0.25) is 0 Å². The normalized spacial score (nSPS) is 19.2. The van der Waals surface area contributed by atoms with E-state index in [-0.39, 0.29) is 5.78 Å². The Bertz CT molecular complexity index is 1870. The molecule has 40 heavy (non-hydrogen) atoms. The lowest BCUT2D eigenvalue weighted by Gasteiger charge is -2.19. The Morgan fingerprint density at radius 2 is 1.88 bits per heavy atom. The van der Waals surface area contributed by atoms with Crippen molar-refractivity contribution in [3.63, 3.8) is 0 Å². The third-order valence-electron chi connectivity index (χ3n) is 7.65. The van der Waals surface area contributed by atoms with Gasteiger partial charge < -0.3 is 9.72 Å². The first-order chi connectivity index (χ1) is 19.3. The molecule has 1 N–H and O–H groups in total. The molecule has 1 aromatic carbocycles. The van der Waals surface area contributed by atoms with Crippen LogP contribution in [-0.2, 0) is 17.6 Å². The summed E-state index contributed by atoms with van der Waals surface area (Å²) in [5, 5.41) is 1.000. The second-order valence-corrected chi connectivity index (χ2v) is 10.5. The van der Waals surface area contributed by atoms with Crippen LogP contribution < -0.4 is 4.74 Å². The summed E-state index contributed by atoms with van der Waals surface area (Å²) < 4.78 is 5.81. The number of ketones is 1. The van der Waals surface area contributed by atoms with Crippen LogP contribution in [0.3, 0.4) is 0 Å². The number of aliphatic imine (C=N–C) groups is 1. The lowest BCUT2D eigenvalue weighted by molar-refractivity contribution is -0.111. The van der Waals surface area contributed by atoms with Crippen LogP contribution in [0.1, 0.15) is 37.7 Å². The Hall–Kier alpha value is -4.65. The molecule has 4 heterocycles. The van der Waals surface area contributed by atoms with Gasteiger partial charge in [-0.3, -0.25) is 14.8 Å². The minimum Gasteiger partial charge on any atom is -0.496 e. The van der Waals surface area contributed by atoms with Crippen molar-refractivity contribution in [3.05, 3.63) is 94.1 Å². The van der Waals surface area contributed by atoms with Gasteiger partial charge in [-0.2, -0.15) is 0 Å². The Balaban J connectivity index is 1.54. The molecule has 7 heteroatoms. The fourth-order valence-corrected chi connectivity index (χ4v) is 5.47. The van der Waals surface area contributed by atoms with Gasteiger partial charge in [0.05, 0.1) is 24.7 Å². The molecule has 1 aliphatic carbocycles. The monoisotopic (exact) mass is 529 g/mol. The molecular weight excluding hydrogens is 498 g/mol. The number of aromatic amines is 1. The number of carbonyl (C=O) groups is 1. The van der Waals surface area contributed by atoms with Gasteiger partial charge in [-0.1, -0.05) is 11.6 Å². The Labute approximate surface area is 233 Å². The molecule has 0 spiro atoms. The number of aryl methyl sites for hydroxylation is 1. The third-order valence-corrected chi connectivity index (χ3v) is 7.65. The van der Waals surface area contributed by atoms with E-state index in [0.717, 1.165) is 72.5 Å². The highest BCUT2D eigenvalue weighted by molar-refractivity contribution is 6.09. The second-order valence-electron chi connectivity index (χ2n) is 10.5. The first-order valence-corrected chi connectivity index (χ1v) is 13.4. The summed E-state index contributed by atoms with van der Waals surface area (Å²) >= 11 is 0. The molecule has 0 amide bonds. The largest absolute Gasteiger partial charge is 0.496 e. The van der Waals surface area contributed by atoms with E-state index in [4.69, 9.17) is 9.72 Å². The topological polar surface area (TPSA) is 93.1 Å². The number of fused-ring (bicyclic) bond motifs is 4. The van der Waals surface area contributed by atoms with E-state index in [2.05, 4.69) is 38.2 Å². The number of carbonyl (C=O) groups excluding carboxylic acids is 1. The van der Waals surface area contributed by atoms with Gasteiger partial charge in [-0.15, -0.1) is 0 Å². The lowest BCUT2D eigenvalue weighted by Crippen LogP contribution is -2.13. The van der Waals surface area contributed by atoms with E-state index < -0.39 is 0 Å². The van der Waals surface area contributed by atoms with Gasteiger partial charge in [0.15, 0.2) is 11.4 Å². The number of dihydropyridines is 1. The Morgan fingerprint density at radius 3 is 2.67 bits per heavy atom. The highest BCUT2D eigenvalue weighted by Crippen LogP contribution is 2.37. The van der Waals surface area contributed by atoms with Gasteiger partial charge in [0.2, 0.25) is 0 Å². The summed E-state index contributed by atoms with van der Waals surface area (Å²) in [6, 6.07) is 6.14. The number of methoxy groups -OCH3 is 1. The molecule has 0 atom stereocenters.